The van der Waals surface area contributed by atoms with Crippen molar-refractivity contribution >= 4 is 0 Å². The van der Waals surface area contributed by atoms with Crippen molar-refractivity contribution in [2.24, 2.45) is 0 Å². The Morgan fingerprint density at radius 3 is 2.00 bits per heavy atom. The van der Waals surface area contributed by atoms with Crippen LogP contribution in [0.5, 0.6) is 0 Å². The van der Waals surface area contributed by atoms with Crippen molar-refractivity contribution in [3.8, 4) is 12.3 Å². The predicted octanol–water partition coefficient (Wildman–Crippen LogP) is 2.48. The lowest BCUT2D eigenvalue weighted by Gasteiger charge is -2.07. The van der Waals surface area contributed by atoms with Gasteiger partial charge in [0.15, 0.2) is 0 Å². The summed E-state index contributed by atoms with van der Waals surface area (Å²) in [7, 11) is 0. The third-order valence-electron chi connectivity index (χ3n) is 2.08. The number of aliphatic hydroxyl groups is 1. The molecule has 0 saturated carbocycles. The summed E-state index contributed by atoms with van der Waals surface area (Å²) in [6, 6.07) is 7.75. The summed E-state index contributed by atoms with van der Waals surface area (Å²) in [5.74, 6) is 2.80. The molecule has 1 aromatic rings. The third kappa shape index (κ3) is 2.34. The van der Waals surface area contributed by atoms with Crippen molar-refractivity contribution in [2.45, 2.75) is 25.9 Å². The Labute approximate surface area is 79.4 Å². The van der Waals surface area contributed by atoms with E-state index in [4.69, 9.17) is 6.42 Å². The molecule has 0 fully saturated rings. The van der Waals surface area contributed by atoms with Gasteiger partial charge in [-0.05, 0) is 17.0 Å². The van der Waals surface area contributed by atoms with Gasteiger partial charge in [0, 0.05) is 0 Å². The zero-order valence-corrected chi connectivity index (χ0v) is 7.99. The molecule has 0 aliphatic heterocycles. The molecular formula is C12H14O. The van der Waals surface area contributed by atoms with E-state index in [1.165, 1.54) is 5.56 Å². The lowest BCUT2D eigenvalue weighted by molar-refractivity contribution is 0.238. The van der Waals surface area contributed by atoms with Crippen molar-refractivity contribution in [1.82, 2.24) is 0 Å². The molecule has 1 aromatic carbocycles. The van der Waals surface area contributed by atoms with Crippen LogP contribution < -0.4 is 0 Å². The first-order chi connectivity index (χ1) is 6.15. The van der Waals surface area contributed by atoms with Crippen LogP contribution in [0.1, 0.15) is 37.0 Å². The van der Waals surface area contributed by atoms with Gasteiger partial charge in [-0.3, -0.25) is 0 Å². The molecule has 0 aromatic heterocycles. The fraction of sp³-hybridized carbons (Fsp3) is 0.333. The van der Waals surface area contributed by atoms with E-state index < -0.39 is 6.10 Å². The fourth-order valence-electron chi connectivity index (χ4n) is 1.16. The van der Waals surface area contributed by atoms with Crippen LogP contribution in [-0.4, -0.2) is 5.11 Å². The number of hydrogen-bond donors (Lipinski definition) is 1. The van der Waals surface area contributed by atoms with Crippen molar-refractivity contribution in [2.75, 3.05) is 0 Å². The van der Waals surface area contributed by atoms with E-state index in [1.54, 1.807) is 0 Å². The summed E-state index contributed by atoms with van der Waals surface area (Å²) in [5.41, 5.74) is 2.04. The SMILES string of the molecule is C#CC(O)c1ccc(C(C)C)cc1. The highest BCUT2D eigenvalue weighted by Gasteiger charge is 2.03. The quantitative estimate of drug-likeness (QED) is 0.683. The van der Waals surface area contributed by atoms with Crippen LogP contribution in [0.3, 0.4) is 0 Å². The van der Waals surface area contributed by atoms with E-state index in [-0.39, 0.29) is 0 Å². The maximum absolute atomic E-state index is 9.32. The minimum atomic E-state index is -0.777. The van der Waals surface area contributed by atoms with E-state index in [2.05, 4.69) is 19.8 Å². The fourth-order valence-corrected chi connectivity index (χ4v) is 1.16. The molecule has 1 heteroatoms. The maximum atomic E-state index is 9.32. The average Bonchev–Trinajstić information content (AvgIpc) is 2.17. The molecule has 0 aliphatic rings. The number of hydrogen-bond acceptors (Lipinski definition) is 1. The summed E-state index contributed by atoms with van der Waals surface area (Å²) in [6.07, 6.45) is 4.33. The Morgan fingerprint density at radius 1 is 1.15 bits per heavy atom. The molecule has 1 nitrogen and oxygen atoms in total. The number of aliphatic hydroxyl groups excluding tert-OH is 1. The summed E-state index contributed by atoms with van der Waals surface area (Å²) in [5, 5.41) is 9.32. The van der Waals surface area contributed by atoms with Crippen molar-refractivity contribution < 1.29 is 5.11 Å². The molecule has 0 spiro atoms. The molecule has 13 heavy (non-hydrogen) atoms. The molecule has 0 radical (unpaired) electrons. The van der Waals surface area contributed by atoms with Crippen LogP contribution in [0.4, 0.5) is 0 Å². The first-order valence-electron chi connectivity index (χ1n) is 4.39. The van der Waals surface area contributed by atoms with E-state index in [9.17, 15) is 5.11 Å². The van der Waals surface area contributed by atoms with Gasteiger partial charge in [-0.2, -0.15) is 0 Å². The normalized spacial score (nSPS) is 12.5. The zero-order chi connectivity index (χ0) is 9.84. The predicted molar refractivity (Wildman–Crippen MR) is 54.3 cm³/mol. The Kier molecular flexibility index (Phi) is 3.11. The first kappa shape index (κ1) is 9.83. The average molecular weight is 174 g/mol. The number of terminal acetylenes is 1. The molecule has 1 atom stereocenters. The van der Waals surface area contributed by atoms with Crippen LogP contribution in [0, 0.1) is 12.3 Å². The van der Waals surface area contributed by atoms with Gasteiger partial charge in [-0.1, -0.05) is 44.0 Å². The monoisotopic (exact) mass is 174 g/mol. The van der Waals surface area contributed by atoms with Gasteiger partial charge in [0.05, 0.1) is 0 Å². The Hall–Kier alpha value is -1.26. The first-order valence-corrected chi connectivity index (χ1v) is 4.39. The summed E-state index contributed by atoms with van der Waals surface area (Å²) < 4.78 is 0. The van der Waals surface area contributed by atoms with E-state index in [0.717, 1.165) is 5.56 Å². The van der Waals surface area contributed by atoms with Crippen LogP contribution in [-0.2, 0) is 0 Å². The molecular weight excluding hydrogens is 160 g/mol. The standard InChI is InChI=1S/C12H14O/c1-4-12(13)11-7-5-10(6-8-11)9(2)3/h1,5-9,12-13H,2-3H3. The Bertz CT molecular complexity index is 303. The molecule has 0 bridgehead atoms. The van der Waals surface area contributed by atoms with Gasteiger partial charge in [-0.15, -0.1) is 6.42 Å². The molecule has 0 amide bonds. The minimum absolute atomic E-state index is 0.511. The van der Waals surface area contributed by atoms with Gasteiger partial charge < -0.3 is 5.11 Å². The second kappa shape index (κ2) is 4.11. The minimum Gasteiger partial charge on any atom is -0.376 e. The largest absolute Gasteiger partial charge is 0.376 e. The summed E-state index contributed by atoms with van der Waals surface area (Å²) in [6.45, 7) is 4.26. The Balaban J connectivity index is 2.89. The molecule has 0 saturated heterocycles. The van der Waals surface area contributed by atoms with Crippen molar-refractivity contribution in [3.63, 3.8) is 0 Å². The van der Waals surface area contributed by atoms with Crippen LogP contribution in [0.15, 0.2) is 24.3 Å². The summed E-state index contributed by atoms with van der Waals surface area (Å²) >= 11 is 0. The molecule has 0 heterocycles. The second-order valence-electron chi connectivity index (χ2n) is 3.39. The van der Waals surface area contributed by atoms with Gasteiger partial charge in [0.2, 0.25) is 0 Å². The van der Waals surface area contributed by atoms with Gasteiger partial charge in [0.1, 0.15) is 6.10 Å². The third-order valence-corrected chi connectivity index (χ3v) is 2.08. The van der Waals surface area contributed by atoms with Crippen molar-refractivity contribution in [3.05, 3.63) is 35.4 Å². The highest BCUT2D eigenvalue weighted by Crippen LogP contribution is 2.17. The topological polar surface area (TPSA) is 20.2 Å². The smallest absolute Gasteiger partial charge is 0.139 e. The maximum Gasteiger partial charge on any atom is 0.139 e. The van der Waals surface area contributed by atoms with Crippen molar-refractivity contribution in [1.29, 1.82) is 0 Å². The summed E-state index contributed by atoms with van der Waals surface area (Å²) in [4.78, 5) is 0. The molecule has 1 rings (SSSR count). The highest BCUT2D eigenvalue weighted by molar-refractivity contribution is 5.29. The molecule has 68 valence electrons. The van der Waals surface area contributed by atoms with E-state index in [0.29, 0.717) is 5.92 Å². The molecule has 1 N–H and O–H groups in total. The number of benzene rings is 1. The lowest BCUT2D eigenvalue weighted by atomic mass is 10.0. The van der Waals surface area contributed by atoms with Gasteiger partial charge >= 0.3 is 0 Å². The lowest BCUT2D eigenvalue weighted by Crippen LogP contribution is -1.94. The van der Waals surface area contributed by atoms with Gasteiger partial charge in [0.25, 0.3) is 0 Å². The Morgan fingerprint density at radius 2 is 1.62 bits per heavy atom. The zero-order valence-electron chi connectivity index (χ0n) is 7.99. The van der Waals surface area contributed by atoms with E-state index in [1.807, 2.05) is 24.3 Å². The van der Waals surface area contributed by atoms with Gasteiger partial charge in [-0.25, -0.2) is 0 Å². The number of rotatable bonds is 2. The van der Waals surface area contributed by atoms with Crippen LogP contribution >= 0.6 is 0 Å². The van der Waals surface area contributed by atoms with Crippen LogP contribution in [0.2, 0.25) is 0 Å². The van der Waals surface area contributed by atoms with E-state index >= 15 is 0 Å². The molecule has 0 aliphatic carbocycles. The van der Waals surface area contributed by atoms with Crippen LogP contribution in [0.25, 0.3) is 0 Å². The molecule has 1 unspecified atom stereocenters. The second-order valence-corrected chi connectivity index (χ2v) is 3.39. The highest BCUT2D eigenvalue weighted by atomic mass is 16.3.